The number of para-hydroxylation sites is 1. The highest BCUT2D eigenvalue weighted by atomic mass is 16.5. The lowest BCUT2D eigenvalue weighted by molar-refractivity contribution is 0.0891. The Labute approximate surface area is 211 Å². The van der Waals surface area contributed by atoms with Crippen LogP contribution in [0.4, 0.5) is 5.82 Å². The summed E-state index contributed by atoms with van der Waals surface area (Å²) in [6.45, 7) is 1.39. The number of hydrogen-bond acceptors (Lipinski definition) is 6. The Morgan fingerprint density at radius 1 is 0.889 bits per heavy atom. The lowest BCUT2D eigenvalue weighted by Crippen LogP contribution is -2.42. The van der Waals surface area contributed by atoms with Crippen molar-refractivity contribution in [3.05, 3.63) is 67.1 Å². The van der Waals surface area contributed by atoms with Crippen LogP contribution in [0.15, 0.2) is 67.1 Å². The number of aliphatic hydroxyl groups excluding tert-OH is 1. The van der Waals surface area contributed by atoms with E-state index in [2.05, 4.69) is 37.8 Å². The van der Waals surface area contributed by atoms with Gasteiger partial charge in [0.15, 0.2) is 0 Å². The number of aliphatic hydroxyl groups is 1. The first kappa shape index (κ1) is 23.0. The Balaban J connectivity index is 1.25. The zero-order valence-corrected chi connectivity index (χ0v) is 20.5. The van der Waals surface area contributed by atoms with Crippen molar-refractivity contribution in [1.29, 1.82) is 0 Å². The normalized spacial score (nSPS) is 22.8. The van der Waals surface area contributed by atoms with Crippen molar-refractivity contribution in [3.8, 4) is 22.6 Å². The van der Waals surface area contributed by atoms with E-state index in [4.69, 9.17) is 10.5 Å². The van der Waals surface area contributed by atoms with E-state index in [1.165, 1.54) is 6.42 Å². The summed E-state index contributed by atoms with van der Waals surface area (Å²) in [5.74, 6) is 2.11. The van der Waals surface area contributed by atoms with Crippen LogP contribution in [0.2, 0.25) is 0 Å². The second-order valence-corrected chi connectivity index (χ2v) is 10.0. The summed E-state index contributed by atoms with van der Waals surface area (Å²) in [4.78, 5) is 11.5. The summed E-state index contributed by atoms with van der Waals surface area (Å²) in [6.07, 6.45) is 10.6. The van der Waals surface area contributed by atoms with Crippen molar-refractivity contribution >= 4 is 16.9 Å². The van der Waals surface area contributed by atoms with Gasteiger partial charge in [-0.15, -0.1) is 0 Å². The van der Waals surface area contributed by atoms with Crippen LogP contribution < -0.4 is 10.5 Å². The van der Waals surface area contributed by atoms with Crippen molar-refractivity contribution in [2.24, 2.45) is 0 Å². The van der Waals surface area contributed by atoms with Crippen LogP contribution in [-0.2, 0) is 0 Å². The highest BCUT2D eigenvalue weighted by molar-refractivity contribution is 6.00. The van der Waals surface area contributed by atoms with E-state index in [-0.39, 0.29) is 6.61 Å². The van der Waals surface area contributed by atoms with E-state index < -0.39 is 0 Å². The third kappa shape index (κ3) is 4.33. The first-order chi connectivity index (χ1) is 17.7. The topological polar surface area (TPSA) is 89.4 Å². The molecule has 0 unspecified atom stereocenters. The van der Waals surface area contributed by atoms with Crippen LogP contribution in [0.1, 0.15) is 44.6 Å². The third-order valence-electron chi connectivity index (χ3n) is 7.94. The van der Waals surface area contributed by atoms with Gasteiger partial charge in [-0.1, -0.05) is 30.3 Å². The zero-order valence-electron chi connectivity index (χ0n) is 20.5. The maximum atomic E-state index is 9.76. The van der Waals surface area contributed by atoms with Crippen LogP contribution in [0.3, 0.4) is 0 Å². The molecular formula is C29H33N5O2. The molecule has 1 aliphatic carbocycles. The average molecular weight is 484 g/mol. The molecule has 2 aromatic carbocycles. The number of rotatable bonds is 6. The van der Waals surface area contributed by atoms with Gasteiger partial charge in [-0.3, -0.25) is 4.90 Å². The third-order valence-corrected chi connectivity index (χ3v) is 7.94. The van der Waals surface area contributed by atoms with Crippen LogP contribution in [-0.4, -0.2) is 49.8 Å². The molecule has 0 bridgehead atoms. The summed E-state index contributed by atoms with van der Waals surface area (Å²) >= 11 is 0. The van der Waals surface area contributed by atoms with Gasteiger partial charge in [0.1, 0.15) is 29.3 Å². The molecule has 3 N–H and O–H groups in total. The molecule has 2 fully saturated rings. The number of nitrogens with two attached hydrogens (primary N) is 1. The maximum absolute atomic E-state index is 9.76. The van der Waals surface area contributed by atoms with Gasteiger partial charge < -0.3 is 20.1 Å². The molecule has 3 heterocycles. The molecule has 0 amide bonds. The molecular weight excluding hydrogens is 450 g/mol. The number of benzene rings is 2. The van der Waals surface area contributed by atoms with Gasteiger partial charge in [0.05, 0.1) is 12.0 Å². The molecule has 7 heteroatoms. The Bertz CT molecular complexity index is 1310. The molecule has 7 nitrogen and oxygen atoms in total. The average Bonchev–Trinajstić information content (AvgIpc) is 3.56. The van der Waals surface area contributed by atoms with E-state index in [1.807, 2.05) is 42.5 Å². The number of fused-ring (bicyclic) bond motifs is 1. The summed E-state index contributed by atoms with van der Waals surface area (Å²) in [7, 11) is 0. The zero-order chi connectivity index (χ0) is 24.5. The monoisotopic (exact) mass is 483 g/mol. The van der Waals surface area contributed by atoms with E-state index >= 15 is 0 Å². The minimum absolute atomic E-state index is 0.275. The smallest absolute Gasteiger partial charge is 0.146 e. The quantitative estimate of drug-likeness (QED) is 0.381. The van der Waals surface area contributed by atoms with Gasteiger partial charge in [-0.05, 0) is 74.9 Å². The number of nitrogen functional groups attached to an aromatic ring is 1. The molecule has 6 rings (SSSR count). The Morgan fingerprint density at radius 3 is 2.36 bits per heavy atom. The van der Waals surface area contributed by atoms with Gasteiger partial charge >= 0.3 is 0 Å². The molecule has 186 valence electrons. The molecule has 4 aromatic rings. The number of anilines is 1. The van der Waals surface area contributed by atoms with E-state index in [1.54, 1.807) is 6.33 Å². The fraction of sp³-hybridized carbons (Fsp3) is 0.379. The van der Waals surface area contributed by atoms with Crippen LogP contribution >= 0.6 is 0 Å². The lowest BCUT2D eigenvalue weighted by Gasteiger charge is -2.38. The molecule has 1 atom stereocenters. The Morgan fingerprint density at radius 2 is 1.61 bits per heavy atom. The number of hydrogen-bond donors (Lipinski definition) is 2. The maximum Gasteiger partial charge on any atom is 0.146 e. The van der Waals surface area contributed by atoms with Gasteiger partial charge in [0.25, 0.3) is 0 Å². The molecule has 2 aliphatic rings. The Kier molecular flexibility index (Phi) is 6.34. The van der Waals surface area contributed by atoms with E-state index in [9.17, 15) is 5.11 Å². The van der Waals surface area contributed by atoms with Crippen molar-refractivity contribution in [2.75, 3.05) is 18.9 Å². The molecule has 1 saturated carbocycles. The van der Waals surface area contributed by atoms with Crippen molar-refractivity contribution in [1.82, 2.24) is 19.4 Å². The summed E-state index contributed by atoms with van der Waals surface area (Å²) in [5.41, 5.74) is 9.41. The first-order valence-electron chi connectivity index (χ1n) is 13.0. The fourth-order valence-electron chi connectivity index (χ4n) is 6.14. The van der Waals surface area contributed by atoms with Crippen LogP contribution in [0.5, 0.6) is 11.5 Å². The molecule has 36 heavy (non-hydrogen) atoms. The first-order valence-corrected chi connectivity index (χ1v) is 13.0. The lowest BCUT2D eigenvalue weighted by atomic mass is 9.89. The summed E-state index contributed by atoms with van der Waals surface area (Å²) in [6, 6.07) is 19.2. The number of nitrogens with zero attached hydrogens (tertiary/aromatic N) is 4. The molecule has 1 aliphatic heterocycles. The predicted molar refractivity (Wildman–Crippen MR) is 142 cm³/mol. The molecule has 2 aromatic heterocycles. The van der Waals surface area contributed by atoms with Gasteiger partial charge in [0, 0.05) is 29.9 Å². The van der Waals surface area contributed by atoms with Crippen LogP contribution in [0, 0.1) is 0 Å². The second-order valence-electron chi connectivity index (χ2n) is 10.0. The van der Waals surface area contributed by atoms with E-state index in [0.29, 0.717) is 23.9 Å². The molecule has 0 radical (unpaired) electrons. The van der Waals surface area contributed by atoms with E-state index in [0.717, 1.165) is 72.3 Å². The second kappa shape index (κ2) is 9.91. The Hall–Kier alpha value is -3.42. The van der Waals surface area contributed by atoms with Crippen molar-refractivity contribution in [2.45, 2.75) is 56.7 Å². The molecule has 0 spiro atoms. The summed E-state index contributed by atoms with van der Waals surface area (Å²) in [5, 5.41) is 10.7. The highest BCUT2D eigenvalue weighted by Gasteiger charge is 2.34. The van der Waals surface area contributed by atoms with Crippen LogP contribution in [0.25, 0.3) is 22.2 Å². The number of likely N-dealkylation sites (tertiary alicyclic amines) is 1. The van der Waals surface area contributed by atoms with Crippen molar-refractivity contribution < 1.29 is 9.84 Å². The highest BCUT2D eigenvalue weighted by Crippen LogP contribution is 2.40. The molecule has 1 saturated heterocycles. The fourth-order valence-corrected chi connectivity index (χ4v) is 6.14. The SMILES string of the molecule is Nc1ncnc2c1c(-c1ccc(Oc3ccccc3)cc1)cn2C1CCC(N2CCC[C@@H]2CO)CC1. The van der Waals surface area contributed by atoms with Gasteiger partial charge in [0.2, 0.25) is 0 Å². The minimum atomic E-state index is 0.275. The predicted octanol–water partition coefficient (Wildman–Crippen LogP) is 5.41. The van der Waals surface area contributed by atoms with Gasteiger partial charge in [-0.25, -0.2) is 9.97 Å². The van der Waals surface area contributed by atoms with Crippen molar-refractivity contribution in [3.63, 3.8) is 0 Å². The summed E-state index contributed by atoms with van der Waals surface area (Å²) < 4.78 is 8.29. The minimum Gasteiger partial charge on any atom is -0.457 e. The number of aromatic nitrogens is 3. The standard InChI is InChI=1S/C29H33N5O2/c30-28-27-26(20-8-14-25(15-9-20)36-24-6-2-1-3-7-24)17-34(29(27)32-19-31-28)22-12-10-21(11-13-22)33-16-4-5-23(33)18-35/h1-3,6-9,14-15,17,19,21-23,35H,4-5,10-13,16,18H2,(H2,30,31,32)/t21?,22?,23-/m1/s1. The largest absolute Gasteiger partial charge is 0.457 e. The van der Waals surface area contributed by atoms with Gasteiger partial charge in [-0.2, -0.15) is 0 Å². The number of ether oxygens (including phenoxy) is 1.